The van der Waals surface area contributed by atoms with E-state index < -0.39 is 0 Å². The average molecular weight is 325 g/mol. The molecular formula is C13H14BrFN4. The van der Waals surface area contributed by atoms with Gasteiger partial charge in [-0.25, -0.2) is 14.4 Å². The molecule has 2 rings (SSSR count). The van der Waals surface area contributed by atoms with Crippen LogP contribution in [0.15, 0.2) is 35.1 Å². The molecule has 0 bridgehead atoms. The number of benzene rings is 1. The van der Waals surface area contributed by atoms with E-state index in [2.05, 4.69) is 43.5 Å². The topological polar surface area (TPSA) is 49.8 Å². The highest BCUT2D eigenvalue weighted by atomic mass is 79.9. The first-order valence-electron chi connectivity index (χ1n) is 5.97. The van der Waals surface area contributed by atoms with Crippen LogP contribution in [-0.2, 0) is 0 Å². The fourth-order valence-corrected chi connectivity index (χ4v) is 1.74. The molecule has 0 aliphatic heterocycles. The lowest BCUT2D eigenvalue weighted by Gasteiger charge is -2.08. The van der Waals surface area contributed by atoms with Crippen molar-refractivity contribution in [3.63, 3.8) is 0 Å². The van der Waals surface area contributed by atoms with Gasteiger partial charge in [0.2, 0.25) is 0 Å². The van der Waals surface area contributed by atoms with Crippen molar-refractivity contribution >= 4 is 33.3 Å². The zero-order valence-corrected chi connectivity index (χ0v) is 12.0. The largest absolute Gasteiger partial charge is 0.370 e. The van der Waals surface area contributed by atoms with Crippen molar-refractivity contribution in [2.24, 2.45) is 0 Å². The normalized spacial score (nSPS) is 10.3. The lowest BCUT2D eigenvalue weighted by Crippen LogP contribution is -2.03. The summed E-state index contributed by atoms with van der Waals surface area (Å²) in [4.78, 5) is 8.20. The van der Waals surface area contributed by atoms with Crippen LogP contribution in [0.25, 0.3) is 0 Å². The molecule has 2 N–H and O–H groups in total. The van der Waals surface area contributed by atoms with Crippen LogP contribution in [0.2, 0.25) is 0 Å². The molecule has 0 aliphatic carbocycles. The highest BCUT2D eigenvalue weighted by Gasteiger charge is 2.02. The molecule has 1 heterocycles. The van der Waals surface area contributed by atoms with Gasteiger partial charge in [0.25, 0.3) is 0 Å². The molecule has 1 aromatic carbocycles. The third-order valence-electron chi connectivity index (χ3n) is 2.42. The summed E-state index contributed by atoms with van der Waals surface area (Å²) < 4.78 is 13.8. The first-order valence-corrected chi connectivity index (χ1v) is 6.76. The van der Waals surface area contributed by atoms with E-state index >= 15 is 0 Å². The molecule has 0 saturated carbocycles. The molecule has 0 radical (unpaired) electrons. The zero-order chi connectivity index (χ0) is 13.7. The van der Waals surface area contributed by atoms with Gasteiger partial charge in [0.15, 0.2) is 0 Å². The number of anilines is 3. The van der Waals surface area contributed by atoms with Gasteiger partial charge in [-0.1, -0.05) is 6.92 Å². The Labute approximate surface area is 119 Å². The fraction of sp³-hybridized carbons (Fsp3) is 0.231. The molecular weight excluding hydrogens is 311 g/mol. The summed E-state index contributed by atoms with van der Waals surface area (Å²) in [5.74, 6) is 1.05. The number of hydrogen-bond donors (Lipinski definition) is 2. The number of hydrogen-bond acceptors (Lipinski definition) is 4. The molecule has 4 nitrogen and oxygen atoms in total. The minimum Gasteiger partial charge on any atom is -0.370 e. The highest BCUT2D eigenvalue weighted by molar-refractivity contribution is 9.10. The minimum absolute atomic E-state index is 0.316. The summed E-state index contributed by atoms with van der Waals surface area (Å²) in [6.45, 7) is 2.93. The van der Waals surface area contributed by atoms with Crippen molar-refractivity contribution in [3.8, 4) is 0 Å². The monoisotopic (exact) mass is 324 g/mol. The molecule has 0 aliphatic rings. The Bertz CT molecular complexity index is 562. The lowest BCUT2D eigenvalue weighted by molar-refractivity contribution is 0.622. The number of nitrogens with zero attached hydrogens (tertiary/aromatic N) is 2. The second kappa shape index (κ2) is 6.47. The first-order chi connectivity index (χ1) is 9.19. The second-order valence-corrected chi connectivity index (χ2v) is 4.82. The quantitative estimate of drug-likeness (QED) is 0.874. The molecule has 6 heteroatoms. The summed E-state index contributed by atoms with van der Waals surface area (Å²) >= 11 is 3.12. The molecule has 19 heavy (non-hydrogen) atoms. The van der Waals surface area contributed by atoms with Gasteiger partial charge in [0, 0.05) is 18.3 Å². The number of aromatic nitrogens is 2. The van der Waals surface area contributed by atoms with E-state index in [1.54, 1.807) is 18.2 Å². The second-order valence-electron chi connectivity index (χ2n) is 3.97. The molecule has 2 aromatic rings. The third kappa shape index (κ3) is 3.89. The van der Waals surface area contributed by atoms with Gasteiger partial charge in [-0.3, -0.25) is 0 Å². The third-order valence-corrected chi connectivity index (χ3v) is 3.06. The van der Waals surface area contributed by atoms with Crippen molar-refractivity contribution in [1.82, 2.24) is 9.97 Å². The van der Waals surface area contributed by atoms with Crippen LogP contribution in [0.5, 0.6) is 0 Å². The van der Waals surface area contributed by atoms with Crippen molar-refractivity contribution in [2.45, 2.75) is 13.3 Å². The summed E-state index contributed by atoms with van der Waals surface area (Å²) in [6.07, 6.45) is 2.49. The molecule has 0 saturated heterocycles. The molecule has 100 valence electrons. The van der Waals surface area contributed by atoms with Crippen LogP contribution < -0.4 is 10.6 Å². The predicted molar refractivity (Wildman–Crippen MR) is 78.2 cm³/mol. The Balaban J connectivity index is 2.11. The minimum atomic E-state index is -0.316. The van der Waals surface area contributed by atoms with E-state index in [-0.39, 0.29) is 5.82 Å². The average Bonchev–Trinajstić information content (AvgIpc) is 2.41. The Kier molecular flexibility index (Phi) is 4.68. The maximum Gasteiger partial charge on any atom is 0.139 e. The molecule has 0 atom stereocenters. The van der Waals surface area contributed by atoms with Gasteiger partial charge in [-0.05, 0) is 40.5 Å². The Morgan fingerprint density at radius 2 is 2.00 bits per heavy atom. The van der Waals surface area contributed by atoms with E-state index in [4.69, 9.17) is 0 Å². The van der Waals surface area contributed by atoms with Crippen LogP contribution in [0.1, 0.15) is 13.3 Å². The molecule has 0 amide bonds. The lowest BCUT2D eigenvalue weighted by atomic mass is 10.3. The van der Waals surface area contributed by atoms with E-state index in [0.29, 0.717) is 16.0 Å². The maximum atomic E-state index is 13.4. The summed E-state index contributed by atoms with van der Waals surface area (Å²) in [6, 6.07) is 6.62. The summed E-state index contributed by atoms with van der Waals surface area (Å²) in [7, 11) is 0. The van der Waals surface area contributed by atoms with Gasteiger partial charge < -0.3 is 10.6 Å². The molecule has 0 unspecified atom stereocenters. The Hall–Kier alpha value is -1.69. The van der Waals surface area contributed by atoms with E-state index in [9.17, 15) is 4.39 Å². The zero-order valence-electron chi connectivity index (χ0n) is 10.5. The first kappa shape index (κ1) is 13.7. The number of nitrogens with one attached hydrogen (secondary N) is 2. The highest BCUT2D eigenvalue weighted by Crippen LogP contribution is 2.22. The van der Waals surface area contributed by atoms with Gasteiger partial charge in [-0.15, -0.1) is 0 Å². The number of rotatable bonds is 5. The van der Waals surface area contributed by atoms with E-state index in [1.165, 1.54) is 12.4 Å². The van der Waals surface area contributed by atoms with Crippen molar-refractivity contribution in [2.75, 3.05) is 17.2 Å². The Morgan fingerprint density at radius 3 is 2.74 bits per heavy atom. The smallest absolute Gasteiger partial charge is 0.139 e. The van der Waals surface area contributed by atoms with Gasteiger partial charge >= 0.3 is 0 Å². The molecule has 1 aromatic heterocycles. The predicted octanol–water partition coefficient (Wildman–Crippen LogP) is 3.94. The van der Waals surface area contributed by atoms with Gasteiger partial charge in [-0.2, -0.15) is 0 Å². The number of halogens is 2. The molecule has 0 fully saturated rings. The van der Waals surface area contributed by atoms with Gasteiger partial charge in [0.05, 0.1) is 4.47 Å². The summed E-state index contributed by atoms with van der Waals surface area (Å²) in [5, 5.41) is 6.21. The fourth-order valence-electron chi connectivity index (χ4n) is 1.50. The van der Waals surface area contributed by atoms with Crippen LogP contribution in [-0.4, -0.2) is 16.5 Å². The van der Waals surface area contributed by atoms with Crippen LogP contribution in [0, 0.1) is 5.82 Å². The van der Waals surface area contributed by atoms with Gasteiger partial charge in [0.1, 0.15) is 23.8 Å². The van der Waals surface area contributed by atoms with Crippen molar-refractivity contribution in [1.29, 1.82) is 0 Å². The summed E-state index contributed by atoms with van der Waals surface area (Å²) in [5.41, 5.74) is 0.640. The standard InChI is InChI=1S/C13H14BrFN4/c1-2-5-16-12-7-13(18-8-17-12)19-9-3-4-10(14)11(15)6-9/h3-4,6-8H,2,5H2,1H3,(H2,16,17,18,19). The van der Waals surface area contributed by atoms with Crippen molar-refractivity contribution in [3.05, 3.63) is 40.9 Å². The van der Waals surface area contributed by atoms with Crippen LogP contribution in [0.4, 0.5) is 21.7 Å². The Morgan fingerprint density at radius 1 is 1.21 bits per heavy atom. The van der Waals surface area contributed by atoms with E-state index in [1.807, 2.05) is 0 Å². The van der Waals surface area contributed by atoms with Crippen LogP contribution in [0.3, 0.4) is 0 Å². The molecule has 0 spiro atoms. The SMILES string of the molecule is CCCNc1cc(Nc2ccc(Br)c(F)c2)ncn1. The maximum absolute atomic E-state index is 13.4. The van der Waals surface area contributed by atoms with Crippen molar-refractivity contribution < 1.29 is 4.39 Å². The van der Waals surface area contributed by atoms with E-state index in [0.717, 1.165) is 18.8 Å². The van der Waals surface area contributed by atoms with Crippen LogP contribution >= 0.6 is 15.9 Å².